The van der Waals surface area contributed by atoms with Gasteiger partial charge in [-0.05, 0) is 65.0 Å². The molecule has 0 radical (unpaired) electrons. The Morgan fingerprint density at radius 1 is 1.28 bits per heavy atom. The predicted octanol–water partition coefficient (Wildman–Crippen LogP) is 4.00. The quantitative estimate of drug-likeness (QED) is 0.771. The van der Waals surface area contributed by atoms with Crippen LogP contribution in [-0.2, 0) is 28.8 Å². The van der Waals surface area contributed by atoms with Crippen molar-refractivity contribution in [3.05, 3.63) is 47.0 Å². The number of fused-ring (bicyclic) bond motifs is 3. The van der Waals surface area contributed by atoms with E-state index in [1.807, 2.05) is 27.1 Å². The number of imidazole rings is 1. The number of benzene rings is 1. The second-order valence-electron chi connectivity index (χ2n) is 9.15. The third kappa shape index (κ3) is 3.93. The van der Waals surface area contributed by atoms with Crippen LogP contribution in [0.3, 0.4) is 0 Å². The van der Waals surface area contributed by atoms with Crippen molar-refractivity contribution in [2.75, 3.05) is 6.54 Å². The Balaban J connectivity index is 1.53. The molecule has 4 rings (SSSR count). The highest BCUT2D eigenvalue weighted by Crippen LogP contribution is 2.30. The molecule has 0 N–H and O–H groups in total. The Morgan fingerprint density at radius 2 is 2.07 bits per heavy atom. The molecule has 2 aliphatic heterocycles. The van der Waals surface area contributed by atoms with E-state index in [2.05, 4.69) is 34.7 Å². The molecule has 1 aromatic heterocycles. The van der Waals surface area contributed by atoms with Crippen molar-refractivity contribution in [3.8, 4) is 5.69 Å². The van der Waals surface area contributed by atoms with Crippen LogP contribution in [-0.4, -0.2) is 38.6 Å². The third-order valence-electron chi connectivity index (χ3n) is 5.68. The van der Waals surface area contributed by atoms with Crippen molar-refractivity contribution in [1.82, 2.24) is 14.5 Å². The molecule has 3 heterocycles. The van der Waals surface area contributed by atoms with Crippen LogP contribution < -0.4 is 0 Å². The van der Waals surface area contributed by atoms with E-state index in [-0.39, 0.29) is 11.8 Å². The SMILES string of the molecule is Cc1ccc2c(c1)CCc1c(CC3CCCN(C(=O)OC(C)(C)C)C3=O)ncn1-2. The number of aromatic nitrogens is 2. The van der Waals surface area contributed by atoms with Crippen LogP contribution in [0.1, 0.15) is 56.1 Å². The zero-order valence-corrected chi connectivity index (χ0v) is 17.7. The minimum atomic E-state index is -0.612. The zero-order chi connectivity index (χ0) is 20.8. The van der Waals surface area contributed by atoms with Gasteiger partial charge < -0.3 is 9.30 Å². The first-order valence-electron chi connectivity index (χ1n) is 10.4. The molecule has 1 saturated heterocycles. The maximum Gasteiger partial charge on any atom is 0.417 e. The van der Waals surface area contributed by atoms with Gasteiger partial charge >= 0.3 is 6.09 Å². The standard InChI is InChI=1S/C23H29N3O3/c1-15-7-9-19-16(12-15)8-10-20-18(24-14-26(19)20)13-17-6-5-11-25(21(17)27)22(28)29-23(2,3)4/h7,9,12,14,17H,5-6,8,10-11,13H2,1-4H3. The van der Waals surface area contributed by atoms with Gasteiger partial charge in [-0.1, -0.05) is 17.7 Å². The summed E-state index contributed by atoms with van der Waals surface area (Å²) >= 11 is 0. The molecule has 2 aliphatic rings. The number of likely N-dealkylation sites (tertiary alicyclic amines) is 1. The van der Waals surface area contributed by atoms with Crippen LogP contribution in [0, 0.1) is 12.8 Å². The summed E-state index contributed by atoms with van der Waals surface area (Å²) in [6.45, 7) is 7.98. The maximum atomic E-state index is 13.0. The normalized spacial score (nSPS) is 19.0. The van der Waals surface area contributed by atoms with E-state index >= 15 is 0 Å². The molecule has 6 heteroatoms. The van der Waals surface area contributed by atoms with Gasteiger partial charge in [0, 0.05) is 30.3 Å². The molecular weight excluding hydrogens is 366 g/mol. The number of nitrogens with zero attached hydrogens (tertiary/aromatic N) is 3. The number of ether oxygens (including phenoxy) is 1. The number of amides is 2. The van der Waals surface area contributed by atoms with Crippen LogP contribution in [0.5, 0.6) is 0 Å². The van der Waals surface area contributed by atoms with Crippen LogP contribution in [0.2, 0.25) is 0 Å². The average Bonchev–Trinajstić information content (AvgIpc) is 3.04. The number of aryl methyl sites for hydroxylation is 2. The first kappa shape index (κ1) is 19.7. The Morgan fingerprint density at radius 3 is 2.83 bits per heavy atom. The lowest BCUT2D eigenvalue weighted by molar-refractivity contribution is -0.137. The molecule has 29 heavy (non-hydrogen) atoms. The van der Waals surface area contributed by atoms with Crippen molar-refractivity contribution < 1.29 is 14.3 Å². The second kappa shape index (κ2) is 7.32. The fraction of sp³-hybridized carbons (Fsp3) is 0.522. The summed E-state index contributed by atoms with van der Waals surface area (Å²) in [4.78, 5) is 31.3. The molecular formula is C23H29N3O3. The minimum Gasteiger partial charge on any atom is -0.443 e. The van der Waals surface area contributed by atoms with E-state index in [1.165, 1.54) is 27.4 Å². The van der Waals surface area contributed by atoms with Gasteiger partial charge in [-0.2, -0.15) is 0 Å². The van der Waals surface area contributed by atoms with Crippen molar-refractivity contribution in [2.45, 2.75) is 65.4 Å². The fourth-order valence-electron chi connectivity index (χ4n) is 4.33. The van der Waals surface area contributed by atoms with E-state index in [9.17, 15) is 9.59 Å². The lowest BCUT2D eigenvalue weighted by atomic mass is 9.90. The van der Waals surface area contributed by atoms with E-state index in [0.29, 0.717) is 13.0 Å². The maximum absolute atomic E-state index is 13.0. The van der Waals surface area contributed by atoms with E-state index in [1.54, 1.807) is 0 Å². The van der Waals surface area contributed by atoms with Gasteiger partial charge in [-0.3, -0.25) is 4.79 Å². The van der Waals surface area contributed by atoms with Gasteiger partial charge in [0.05, 0.1) is 12.0 Å². The Hall–Kier alpha value is -2.63. The molecule has 0 spiro atoms. The van der Waals surface area contributed by atoms with Gasteiger partial charge in [-0.25, -0.2) is 14.7 Å². The summed E-state index contributed by atoms with van der Waals surface area (Å²) in [5.41, 5.74) is 5.33. The van der Waals surface area contributed by atoms with Crippen molar-refractivity contribution in [3.63, 3.8) is 0 Å². The van der Waals surface area contributed by atoms with Crippen molar-refractivity contribution >= 4 is 12.0 Å². The molecule has 1 aromatic carbocycles. The van der Waals surface area contributed by atoms with E-state index in [4.69, 9.17) is 4.74 Å². The number of hydrogen-bond donors (Lipinski definition) is 0. The van der Waals surface area contributed by atoms with Gasteiger partial charge in [0.15, 0.2) is 0 Å². The molecule has 154 valence electrons. The smallest absolute Gasteiger partial charge is 0.417 e. The molecule has 1 atom stereocenters. The highest BCUT2D eigenvalue weighted by molar-refractivity contribution is 5.94. The molecule has 2 amide bonds. The van der Waals surface area contributed by atoms with Gasteiger partial charge in [0.2, 0.25) is 5.91 Å². The Kier molecular flexibility index (Phi) is 4.97. The lowest BCUT2D eigenvalue weighted by Gasteiger charge is -2.32. The van der Waals surface area contributed by atoms with Crippen LogP contribution in [0.4, 0.5) is 4.79 Å². The summed E-state index contributed by atoms with van der Waals surface area (Å²) in [6.07, 6.45) is 5.39. The lowest BCUT2D eigenvalue weighted by Crippen LogP contribution is -2.47. The first-order valence-corrected chi connectivity index (χ1v) is 10.4. The third-order valence-corrected chi connectivity index (χ3v) is 5.68. The predicted molar refractivity (Wildman–Crippen MR) is 110 cm³/mol. The van der Waals surface area contributed by atoms with E-state index < -0.39 is 11.7 Å². The Labute approximate surface area is 171 Å². The largest absolute Gasteiger partial charge is 0.443 e. The number of carbonyl (C=O) groups excluding carboxylic acids is 2. The summed E-state index contributed by atoms with van der Waals surface area (Å²) in [6, 6.07) is 6.51. The topological polar surface area (TPSA) is 64.4 Å². The summed E-state index contributed by atoms with van der Waals surface area (Å²) < 4.78 is 7.58. The van der Waals surface area contributed by atoms with Crippen LogP contribution in [0.15, 0.2) is 24.5 Å². The molecule has 0 bridgehead atoms. The second-order valence-corrected chi connectivity index (χ2v) is 9.15. The molecule has 2 aromatic rings. The summed E-state index contributed by atoms with van der Waals surface area (Å²) in [5.74, 6) is -0.366. The summed E-state index contributed by atoms with van der Waals surface area (Å²) in [7, 11) is 0. The molecule has 1 fully saturated rings. The Bertz CT molecular complexity index is 955. The number of hydrogen-bond acceptors (Lipinski definition) is 4. The van der Waals surface area contributed by atoms with Crippen LogP contribution >= 0.6 is 0 Å². The monoisotopic (exact) mass is 395 g/mol. The zero-order valence-electron chi connectivity index (χ0n) is 17.7. The number of carbonyl (C=O) groups is 2. The number of piperidine rings is 1. The van der Waals surface area contributed by atoms with Gasteiger partial charge in [0.1, 0.15) is 5.60 Å². The number of imide groups is 1. The first-order chi connectivity index (χ1) is 13.7. The molecule has 0 saturated carbocycles. The van der Waals surface area contributed by atoms with Crippen LogP contribution in [0.25, 0.3) is 5.69 Å². The van der Waals surface area contributed by atoms with Gasteiger partial charge in [-0.15, -0.1) is 0 Å². The van der Waals surface area contributed by atoms with E-state index in [0.717, 1.165) is 31.4 Å². The number of rotatable bonds is 2. The van der Waals surface area contributed by atoms with Crippen molar-refractivity contribution in [2.24, 2.45) is 5.92 Å². The van der Waals surface area contributed by atoms with Crippen molar-refractivity contribution in [1.29, 1.82) is 0 Å². The highest BCUT2D eigenvalue weighted by atomic mass is 16.6. The molecule has 6 nitrogen and oxygen atoms in total. The fourth-order valence-corrected chi connectivity index (χ4v) is 4.33. The minimum absolute atomic E-state index is 0.140. The average molecular weight is 396 g/mol. The summed E-state index contributed by atoms with van der Waals surface area (Å²) in [5, 5.41) is 0. The highest BCUT2D eigenvalue weighted by Gasteiger charge is 2.36. The molecule has 1 unspecified atom stereocenters. The van der Waals surface area contributed by atoms with Gasteiger partial charge in [0.25, 0.3) is 0 Å². The molecule has 0 aliphatic carbocycles.